The van der Waals surface area contributed by atoms with Crippen molar-refractivity contribution in [3.05, 3.63) is 89.7 Å². The van der Waals surface area contributed by atoms with Crippen molar-refractivity contribution in [1.29, 1.82) is 0 Å². The van der Waals surface area contributed by atoms with Crippen molar-refractivity contribution in [2.75, 3.05) is 53.3 Å². The van der Waals surface area contributed by atoms with Crippen LogP contribution in [0.1, 0.15) is 11.1 Å². The Labute approximate surface area is 214 Å². The Morgan fingerprint density at radius 1 is 0.861 bits per heavy atom. The lowest BCUT2D eigenvalue weighted by Gasteiger charge is -2.38. The molecule has 6 rings (SSSR count). The van der Waals surface area contributed by atoms with Gasteiger partial charge in [-0.1, -0.05) is 48.0 Å². The molecule has 3 aromatic rings. The van der Waals surface area contributed by atoms with E-state index in [9.17, 15) is 14.0 Å². The molecule has 36 heavy (non-hydrogen) atoms. The third-order valence-electron chi connectivity index (χ3n) is 7.26. The molecule has 6 nitrogen and oxygen atoms in total. The maximum Gasteiger partial charge on any atom is 0.269 e. The van der Waals surface area contributed by atoms with Gasteiger partial charge >= 0.3 is 0 Å². The second-order valence-corrected chi connectivity index (χ2v) is 10.6. The molecule has 3 heterocycles. The molecule has 2 amide bonds. The molecule has 3 aromatic carbocycles. The number of carbonyl (C=O) groups excluding carboxylic acids is 2. The lowest BCUT2D eigenvalue weighted by molar-refractivity contribution is -0.124. The number of hydrogen-bond donors (Lipinski definition) is 0. The summed E-state index contributed by atoms with van der Waals surface area (Å²) in [5, 5.41) is 0. The number of anilines is 3. The summed E-state index contributed by atoms with van der Waals surface area (Å²) in [6.45, 7) is 5.21. The molecular weight excluding hydrogens is 475 g/mol. The third-order valence-corrected chi connectivity index (χ3v) is 8.65. The largest absolute Gasteiger partial charge is 0.367 e. The number of rotatable bonds is 4. The first-order valence-electron chi connectivity index (χ1n) is 12.2. The molecule has 0 aliphatic carbocycles. The highest BCUT2D eigenvalue weighted by atomic mass is 32.2. The van der Waals surface area contributed by atoms with Crippen LogP contribution in [0.4, 0.5) is 21.5 Å². The smallest absolute Gasteiger partial charge is 0.269 e. The fraction of sp³-hybridized carbons (Fsp3) is 0.286. The molecule has 8 heteroatoms. The van der Waals surface area contributed by atoms with Crippen molar-refractivity contribution in [3.63, 3.8) is 0 Å². The Morgan fingerprint density at radius 2 is 1.53 bits per heavy atom. The van der Waals surface area contributed by atoms with E-state index in [4.69, 9.17) is 0 Å². The maximum atomic E-state index is 14.3. The molecule has 3 aliphatic rings. The van der Waals surface area contributed by atoms with Gasteiger partial charge in [0.15, 0.2) is 0 Å². The quantitative estimate of drug-likeness (QED) is 0.536. The topological polar surface area (TPSA) is 47.1 Å². The number of aryl methyl sites for hydroxylation is 1. The number of carbonyl (C=O) groups is 2. The lowest BCUT2D eigenvalue weighted by Crippen LogP contribution is -2.54. The van der Waals surface area contributed by atoms with Gasteiger partial charge in [-0.25, -0.2) is 4.39 Å². The first-order valence-corrected chi connectivity index (χ1v) is 13.1. The summed E-state index contributed by atoms with van der Waals surface area (Å²) in [5.74, 6) is -0.108. The van der Waals surface area contributed by atoms with Gasteiger partial charge in [0.2, 0.25) is 10.8 Å². The van der Waals surface area contributed by atoms with E-state index in [1.165, 1.54) is 17.8 Å². The highest BCUT2D eigenvalue weighted by molar-refractivity contribution is 8.02. The normalized spacial score (nSPS) is 22.1. The number of para-hydroxylation sites is 2. The van der Waals surface area contributed by atoms with Crippen molar-refractivity contribution in [3.8, 4) is 0 Å². The molecule has 0 aromatic heterocycles. The standard InChI is InChI=1S/C28H27FN4O2S/c1-20-10-12-21(13-11-20)33-26(34)18-36-28(33)22-6-2-4-8-24(22)32(27(28)35)19-30-14-16-31(17-15-30)25-9-5-3-7-23(25)29/h2-13H,14-19H2,1H3. The van der Waals surface area contributed by atoms with E-state index < -0.39 is 4.87 Å². The fourth-order valence-electron chi connectivity index (χ4n) is 5.43. The molecule has 0 N–H and O–H groups in total. The van der Waals surface area contributed by atoms with Gasteiger partial charge in [0.05, 0.1) is 23.8 Å². The van der Waals surface area contributed by atoms with E-state index in [1.54, 1.807) is 11.0 Å². The van der Waals surface area contributed by atoms with E-state index >= 15 is 0 Å². The number of piperazine rings is 1. The van der Waals surface area contributed by atoms with Gasteiger partial charge in [-0.3, -0.25) is 24.3 Å². The molecule has 0 bridgehead atoms. The van der Waals surface area contributed by atoms with Crippen LogP contribution in [0.5, 0.6) is 0 Å². The van der Waals surface area contributed by atoms with Crippen molar-refractivity contribution < 1.29 is 14.0 Å². The van der Waals surface area contributed by atoms with Crippen LogP contribution in [0, 0.1) is 12.7 Å². The van der Waals surface area contributed by atoms with Crippen molar-refractivity contribution in [2.24, 2.45) is 0 Å². The van der Waals surface area contributed by atoms with Gasteiger partial charge in [0.25, 0.3) is 5.91 Å². The fourth-order valence-corrected chi connectivity index (χ4v) is 6.79. The predicted octanol–water partition coefficient (Wildman–Crippen LogP) is 4.19. The van der Waals surface area contributed by atoms with Crippen LogP contribution in [0.15, 0.2) is 72.8 Å². The summed E-state index contributed by atoms with van der Waals surface area (Å²) in [7, 11) is 0. The Bertz CT molecular complexity index is 1330. The first kappa shape index (κ1) is 23.1. The molecule has 3 aliphatic heterocycles. The predicted molar refractivity (Wildman–Crippen MR) is 142 cm³/mol. The van der Waals surface area contributed by atoms with E-state index in [-0.39, 0.29) is 23.4 Å². The van der Waals surface area contributed by atoms with Crippen LogP contribution < -0.4 is 14.7 Å². The Morgan fingerprint density at radius 3 is 2.25 bits per heavy atom. The molecule has 1 atom stereocenters. The van der Waals surface area contributed by atoms with Crippen LogP contribution >= 0.6 is 11.8 Å². The second kappa shape index (κ2) is 8.94. The van der Waals surface area contributed by atoms with E-state index in [0.717, 1.165) is 22.5 Å². The molecule has 184 valence electrons. The Hall–Kier alpha value is -3.36. The summed E-state index contributed by atoms with van der Waals surface area (Å²) in [6, 6.07) is 22.4. The molecule has 2 fully saturated rings. The number of hydrogen-bond acceptors (Lipinski definition) is 5. The molecule has 1 unspecified atom stereocenters. The lowest BCUT2D eigenvalue weighted by atomic mass is 10.0. The first-order chi connectivity index (χ1) is 17.5. The number of amides is 2. The van der Waals surface area contributed by atoms with E-state index in [1.807, 2.05) is 72.5 Å². The van der Waals surface area contributed by atoms with Crippen LogP contribution in [-0.2, 0) is 14.5 Å². The number of benzene rings is 3. The SMILES string of the molecule is Cc1ccc(N2C(=O)CSC23C(=O)N(CN2CCN(c4ccccc4F)CC2)c2ccccc23)cc1. The van der Waals surface area contributed by atoms with Gasteiger partial charge in [-0.2, -0.15) is 0 Å². The molecule has 0 saturated carbocycles. The van der Waals surface area contributed by atoms with Crippen LogP contribution in [0.2, 0.25) is 0 Å². The minimum absolute atomic E-state index is 0.0626. The van der Waals surface area contributed by atoms with Gasteiger partial charge in [0.1, 0.15) is 5.82 Å². The zero-order valence-corrected chi connectivity index (χ0v) is 20.9. The number of nitrogens with zero attached hydrogens (tertiary/aromatic N) is 4. The van der Waals surface area contributed by atoms with Crippen LogP contribution in [0.25, 0.3) is 0 Å². The highest BCUT2D eigenvalue weighted by Crippen LogP contribution is 2.55. The molecular formula is C28H27FN4O2S. The Kier molecular flexibility index (Phi) is 5.73. The minimum Gasteiger partial charge on any atom is -0.367 e. The van der Waals surface area contributed by atoms with Crippen molar-refractivity contribution in [2.45, 2.75) is 11.8 Å². The number of thioether (sulfide) groups is 1. The van der Waals surface area contributed by atoms with E-state index in [2.05, 4.69) is 9.80 Å². The zero-order chi connectivity index (χ0) is 24.9. The average molecular weight is 503 g/mol. The Balaban J connectivity index is 1.28. The molecule has 2 saturated heterocycles. The zero-order valence-electron chi connectivity index (χ0n) is 20.1. The average Bonchev–Trinajstić information content (AvgIpc) is 3.36. The summed E-state index contributed by atoms with van der Waals surface area (Å²) in [4.78, 5) is 34.1. The summed E-state index contributed by atoms with van der Waals surface area (Å²) in [5.41, 5.74) is 4.16. The van der Waals surface area contributed by atoms with Gasteiger partial charge in [-0.05, 0) is 37.3 Å². The summed E-state index contributed by atoms with van der Waals surface area (Å²) < 4.78 is 14.3. The van der Waals surface area contributed by atoms with Crippen molar-refractivity contribution >= 4 is 40.6 Å². The van der Waals surface area contributed by atoms with Crippen molar-refractivity contribution in [1.82, 2.24) is 4.90 Å². The van der Waals surface area contributed by atoms with Crippen LogP contribution in [-0.4, -0.2) is 55.3 Å². The monoisotopic (exact) mass is 502 g/mol. The molecule has 0 radical (unpaired) electrons. The molecule has 1 spiro atoms. The summed E-state index contributed by atoms with van der Waals surface area (Å²) >= 11 is 1.40. The van der Waals surface area contributed by atoms with Crippen LogP contribution in [0.3, 0.4) is 0 Å². The minimum atomic E-state index is -1.10. The van der Waals surface area contributed by atoms with Gasteiger partial charge in [-0.15, -0.1) is 11.8 Å². The highest BCUT2D eigenvalue weighted by Gasteiger charge is 2.61. The van der Waals surface area contributed by atoms with Gasteiger partial charge in [0, 0.05) is 37.4 Å². The van der Waals surface area contributed by atoms with Gasteiger partial charge < -0.3 is 4.90 Å². The third kappa shape index (κ3) is 3.59. The number of halogens is 1. The second-order valence-electron chi connectivity index (χ2n) is 9.45. The van der Waals surface area contributed by atoms with E-state index in [0.29, 0.717) is 38.5 Å². The number of fused-ring (bicyclic) bond motifs is 2. The summed E-state index contributed by atoms with van der Waals surface area (Å²) in [6.07, 6.45) is 0. The maximum absolute atomic E-state index is 14.3.